The summed E-state index contributed by atoms with van der Waals surface area (Å²) in [5.74, 6) is 0.435. The zero-order valence-corrected chi connectivity index (χ0v) is 15.7. The van der Waals surface area contributed by atoms with Gasteiger partial charge in [-0.25, -0.2) is 13.1 Å². The van der Waals surface area contributed by atoms with E-state index < -0.39 is 10.0 Å². The molecule has 0 fully saturated rings. The molecule has 138 valence electrons. The first-order valence-electron chi connectivity index (χ1n) is 8.05. The number of amides is 1. The second-order valence-electron chi connectivity index (χ2n) is 5.90. The fraction of sp³-hybridized carbons (Fsp3) is 0.211. The number of anilines is 1. The summed E-state index contributed by atoms with van der Waals surface area (Å²) in [6.07, 6.45) is 3.09. The Labute approximate surface area is 153 Å². The largest absolute Gasteiger partial charge is 0.497 e. The maximum atomic E-state index is 12.1. The van der Waals surface area contributed by atoms with E-state index in [1.807, 2.05) is 24.3 Å². The maximum Gasteiger partial charge on any atom is 0.248 e. The van der Waals surface area contributed by atoms with E-state index in [1.165, 1.54) is 18.2 Å². The van der Waals surface area contributed by atoms with Crippen molar-refractivity contribution in [3.63, 3.8) is 0 Å². The molecule has 1 amide bonds. The van der Waals surface area contributed by atoms with E-state index in [4.69, 9.17) is 4.74 Å². The summed E-state index contributed by atoms with van der Waals surface area (Å²) < 4.78 is 31.7. The van der Waals surface area contributed by atoms with Gasteiger partial charge in [-0.1, -0.05) is 12.1 Å². The van der Waals surface area contributed by atoms with Gasteiger partial charge in [-0.2, -0.15) is 0 Å². The number of sulfonamides is 1. The number of methoxy groups -OCH3 is 1. The van der Waals surface area contributed by atoms with Crippen LogP contribution in [0.25, 0.3) is 6.08 Å². The molecule has 6 nitrogen and oxygen atoms in total. The Bertz CT molecular complexity index is 871. The summed E-state index contributed by atoms with van der Waals surface area (Å²) in [7, 11) is -1.95. The zero-order chi connectivity index (χ0) is 19.2. The zero-order valence-electron chi connectivity index (χ0n) is 14.9. The van der Waals surface area contributed by atoms with Crippen molar-refractivity contribution >= 4 is 27.7 Å². The van der Waals surface area contributed by atoms with Crippen LogP contribution in [0.2, 0.25) is 0 Å². The summed E-state index contributed by atoms with van der Waals surface area (Å²) in [5.41, 5.74) is 1.38. The van der Waals surface area contributed by atoms with E-state index >= 15 is 0 Å². The van der Waals surface area contributed by atoms with Gasteiger partial charge >= 0.3 is 0 Å². The van der Waals surface area contributed by atoms with Crippen LogP contribution in [-0.4, -0.2) is 27.5 Å². The third-order valence-electron chi connectivity index (χ3n) is 3.37. The van der Waals surface area contributed by atoms with Gasteiger partial charge in [0.15, 0.2) is 0 Å². The Kier molecular flexibility index (Phi) is 6.54. The predicted octanol–water partition coefficient (Wildman–Crippen LogP) is 3.03. The fourth-order valence-corrected chi connectivity index (χ4v) is 3.42. The number of carbonyl (C=O) groups excluding carboxylic acids is 1. The molecule has 0 bridgehead atoms. The quantitative estimate of drug-likeness (QED) is 0.730. The van der Waals surface area contributed by atoms with Gasteiger partial charge in [-0.3, -0.25) is 4.79 Å². The number of benzene rings is 2. The molecule has 2 rings (SSSR count). The number of hydrogen-bond donors (Lipinski definition) is 2. The summed E-state index contributed by atoms with van der Waals surface area (Å²) in [5, 5.41) is 2.69. The first kappa shape index (κ1) is 19.7. The highest BCUT2D eigenvalue weighted by Gasteiger charge is 2.14. The van der Waals surface area contributed by atoms with Gasteiger partial charge in [0.25, 0.3) is 0 Å². The van der Waals surface area contributed by atoms with Crippen molar-refractivity contribution in [3.8, 4) is 5.75 Å². The molecule has 26 heavy (non-hydrogen) atoms. The van der Waals surface area contributed by atoms with Crippen LogP contribution in [0.4, 0.5) is 5.69 Å². The van der Waals surface area contributed by atoms with Crippen molar-refractivity contribution < 1.29 is 17.9 Å². The minimum absolute atomic E-state index is 0.151. The normalized spacial score (nSPS) is 11.7. The molecule has 7 heteroatoms. The van der Waals surface area contributed by atoms with Crippen LogP contribution in [0.5, 0.6) is 5.75 Å². The maximum absolute atomic E-state index is 12.1. The molecule has 0 aliphatic heterocycles. The van der Waals surface area contributed by atoms with Crippen molar-refractivity contribution in [2.75, 3.05) is 12.4 Å². The molecule has 2 N–H and O–H groups in total. The lowest BCUT2D eigenvalue weighted by Gasteiger charge is -2.10. The van der Waals surface area contributed by atoms with Crippen molar-refractivity contribution in [1.29, 1.82) is 0 Å². The van der Waals surface area contributed by atoms with E-state index in [0.717, 1.165) is 11.3 Å². The second-order valence-corrected chi connectivity index (χ2v) is 7.61. The summed E-state index contributed by atoms with van der Waals surface area (Å²) in [6, 6.07) is 13.1. The second kappa shape index (κ2) is 8.64. The molecule has 0 saturated carbocycles. The van der Waals surface area contributed by atoms with Crippen LogP contribution < -0.4 is 14.8 Å². The van der Waals surface area contributed by atoms with Gasteiger partial charge in [-0.05, 0) is 61.9 Å². The molecule has 2 aromatic carbocycles. The number of ether oxygens (including phenoxy) is 1. The van der Waals surface area contributed by atoms with Gasteiger partial charge in [0.05, 0.1) is 12.0 Å². The van der Waals surface area contributed by atoms with Crippen molar-refractivity contribution in [2.24, 2.45) is 0 Å². The van der Waals surface area contributed by atoms with Crippen molar-refractivity contribution in [2.45, 2.75) is 24.8 Å². The summed E-state index contributed by atoms with van der Waals surface area (Å²) in [4.78, 5) is 12.1. The van der Waals surface area contributed by atoms with Crippen LogP contribution >= 0.6 is 0 Å². The highest BCUT2D eigenvalue weighted by Crippen LogP contribution is 2.15. The third kappa shape index (κ3) is 5.72. The summed E-state index contributed by atoms with van der Waals surface area (Å²) >= 11 is 0. The molecule has 0 aliphatic rings. The number of carbonyl (C=O) groups is 1. The highest BCUT2D eigenvalue weighted by molar-refractivity contribution is 7.89. The minimum atomic E-state index is -3.54. The van der Waals surface area contributed by atoms with Gasteiger partial charge < -0.3 is 10.1 Å². The monoisotopic (exact) mass is 374 g/mol. The van der Waals surface area contributed by atoms with Gasteiger partial charge in [0, 0.05) is 17.8 Å². The number of hydrogen-bond acceptors (Lipinski definition) is 4. The van der Waals surface area contributed by atoms with Gasteiger partial charge in [0.1, 0.15) is 5.75 Å². The number of nitrogens with one attached hydrogen (secondary N) is 2. The summed E-state index contributed by atoms with van der Waals surface area (Å²) in [6.45, 7) is 3.50. The molecule has 0 radical (unpaired) electrons. The number of rotatable bonds is 7. The predicted molar refractivity (Wildman–Crippen MR) is 103 cm³/mol. The molecule has 0 spiro atoms. The van der Waals surface area contributed by atoms with E-state index in [1.54, 1.807) is 39.2 Å². The smallest absolute Gasteiger partial charge is 0.248 e. The average molecular weight is 374 g/mol. The Balaban J connectivity index is 1.99. The standard InChI is InChI=1S/C19H22N2O4S/c1-14(2)21-26(23,24)18-11-7-16(8-12-18)20-19(22)13-6-15-4-9-17(25-3)10-5-15/h4-14,21H,1-3H3,(H,20,22). The lowest BCUT2D eigenvalue weighted by atomic mass is 10.2. The Morgan fingerprint density at radius 1 is 1.04 bits per heavy atom. The molecule has 0 saturated heterocycles. The van der Waals surface area contributed by atoms with Gasteiger partial charge in [-0.15, -0.1) is 0 Å². The first-order chi connectivity index (χ1) is 12.3. The molecule has 0 aliphatic carbocycles. The van der Waals surface area contributed by atoms with Crippen molar-refractivity contribution in [3.05, 3.63) is 60.2 Å². The van der Waals surface area contributed by atoms with Crippen molar-refractivity contribution in [1.82, 2.24) is 4.72 Å². The lowest BCUT2D eigenvalue weighted by molar-refractivity contribution is -0.111. The molecule has 0 unspecified atom stereocenters. The molecular formula is C19H22N2O4S. The van der Waals surface area contributed by atoms with E-state index in [2.05, 4.69) is 10.0 Å². The van der Waals surface area contributed by atoms with Gasteiger partial charge in [0.2, 0.25) is 15.9 Å². The SMILES string of the molecule is COc1ccc(C=CC(=O)Nc2ccc(S(=O)(=O)NC(C)C)cc2)cc1. The molecule has 0 aromatic heterocycles. The highest BCUT2D eigenvalue weighted by atomic mass is 32.2. The van der Waals surface area contributed by atoms with E-state index in [0.29, 0.717) is 5.69 Å². The third-order valence-corrected chi connectivity index (χ3v) is 5.04. The van der Waals surface area contributed by atoms with Crippen LogP contribution in [0.1, 0.15) is 19.4 Å². The van der Waals surface area contributed by atoms with Crippen LogP contribution in [0, 0.1) is 0 Å². The van der Waals surface area contributed by atoms with Crippen LogP contribution in [0.3, 0.4) is 0 Å². The first-order valence-corrected chi connectivity index (χ1v) is 9.54. The molecule has 2 aromatic rings. The average Bonchev–Trinajstić information content (AvgIpc) is 2.60. The molecule has 0 atom stereocenters. The topological polar surface area (TPSA) is 84.5 Å². The van der Waals surface area contributed by atoms with Crippen LogP contribution in [0.15, 0.2) is 59.5 Å². The minimum Gasteiger partial charge on any atom is -0.497 e. The Hall–Kier alpha value is -2.64. The molecule has 0 heterocycles. The van der Waals surface area contributed by atoms with E-state index in [9.17, 15) is 13.2 Å². The van der Waals surface area contributed by atoms with Crippen LogP contribution in [-0.2, 0) is 14.8 Å². The molecular weight excluding hydrogens is 352 g/mol. The Morgan fingerprint density at radius 3 is 2.19 bits per heavy atom. The lowest BCUT2D eigenvalue weighted by Crippen LogP contribution is -2.30. The van der Waals surface area contributed by atoms with E-state index in [-0.39, 0.29) is 16.8 Å². The fourth-order valence-electron chi connectivity index (χ4n) is 2.17. The Morgan fingerprint density at radius 2 is 1.65 bits per heavy atom.